The molecule has 0 aliphatic heterocycles. The van der Waals surface area contributed by atoms with Crippen LogP contribution in [0.25, 0.3) is 0 Å². The van der Waals surface area contributed by atoms with Gasteiger partial charge in [-0.15, -0.1) is 9.13 Å². The second-order valence-electron chi connectivity index (χ2n) is 7.68. The normalized spacial score (nSPS) is 10.7. The maximum atomic E-state index is 10.8. The zero-order valence-electron chi connectivity index (χ0n) is 17.9. The number of nitrogens with zero attached hydrogens (tertiary/aromatic N) is 3. The van der Waals surface area contributed by atoms with Crippen molar-refractivity contribution in [3.63, 3.8) is 0 Å². The number of benzene rings is 2. The summed E-state index contributed by atoms with van der Waals surface area (Å²) in [4.78, 5) is 19.3. The lowest BCUT2D eigenvalue weighted by Crippen LogP contribution is -2.50. The standard InChI is InChI=1S/C25H24N4O4/c26-33-32-25-7-3-21(4-8-25)18-23-11-15-28(16-12-23)19-27-13-9-22(10-14-27)17-20-1-5-24(6-2-20)29(30)31/h1-16H,17-19,26H2/q+2. The highest BCUT2D eigenvalue weighted by molar-refractivity contribution is 5.35. The molecule has 0 spiro atoms. The molecular formula is C25H24N4O4+2. The first kappa shape index (κ1) is 22.1. The second-order valence-corrected chi connectivity index (χ2v) is 7.68. The fourth-order valence-corrected chi connectivity index (χ4v) is 3.51. The van der Waals surface area contributed by atoms with Gasteiger partial charge in [0.2, 0.25) is 0 Å². The summed E-state index contributed by atoms with van der Waals surface area (Å²) < 4.78 is 4.20. The van der Waals surface area contributed by atoms with E-state index in [0.29, 0.717) is 12.4 Å². The molecule has 4 aromatic rings. The van der Waals surface area contributed by atoms with E-state index in [4.69, 9.17) is 10.8 Å². The molecule has 4 rings (SSSR count). The minimum atomic E-state index is -0.383. The van der Waals surface area contributed by atoms with E-state index >= 15 is 0 Å². The predicted molar refractivity (Wildman–Crippen MR) is 120 cm³/mol. The summed E-state index contributed by atoms with van der Waals surface area (Å²) in [6, 6.07) is 22.6. The van der Waals surface area contributed by atoms with Crippen molar-refractivity contribution in [3.05, 3.63) is 130 Å². The lowest BCUT2D eigenvalue weighted by molar-refractivity contribution is -0.913. The highest BCUT2D eigenvalue weighted by Crippen LogP contribution is 2.15. The van der Waals surface area contributed by atoms with E-state index in [0.717, 1.165) is 29.5 Å². The lowest BCUT2D eigenvalue weighted by atomic mass is 10.1. The van der Waals surface area contributed by atoms with Gasteiger partial charge in [-0.2, -0.15) is 5.90 Å². The van der Waals surface area contributed by atoms with Crippen LogP contribution in [0.3, 0.4) is 0 Å². The Balaban J connectivity index is 1.32. The Morgan fingerprint density at radius 2 is 1.12 bits per heavy atom. The average molecular weight is 444 g/mol. The molecule has 0 amide bonds. The van der Waals surface area contributed by atoms with Gasteiger partial charge >= 0.3 is 6.67 Å². The quantitative estimate of drug-likeness (QED) is 0.185. The monoisotopic (exact) mass is 444 g/mol. The minimum Gasteiger partial charge on any atom is -0.320 e. The van der Waals surface area contributed by atoms with Gasteiger partial charge in [-0.1, -0.05) is 29.3 Å². The first-order chi connectivity index (χ1) is 16.1. The van der Waals surface area contributed by atoms with Crippen LogP contribution in [0.4, 0.5) is 5.69 Å². The Morgan fingerprint density at radius 3 is 1.55 bits per heavy atom. The van der Waals surface area contributed by atoms with E-state index < -0.39 is 0 Å². The summed E-state index contributed by atoms with van der Waals surface area (Å²) in [5, 5.41) is 10.8. The molecule has 0 unspecified atom stereocenters. The van der Waals surface area contributed by atoms with Crippen molar-refractivity contribution in [2.24, 2.45) is 5.90 Å². The van der Waals surface area contributed by atoms with Crippen molar-refractivity contribution < 1.29 is 23.9 Å². The Kier molecular flexibility index (Phi) is 6.99. The van der Waals surface area contributed by atoms with E-state index in [1.807, 2.05) is 36.7 Å². The molecule has 2 heterocycles. The number of non-ortho nitro benzene ring substituents is 1. The van der Waals surface area contributed by atoms with E-state index in [9.17, 15) is 10.1 Å². The number of nitro benzene ring substituents is 1. The van der Waals surface area contributed by atoms with Crippen LogP contribution in [0.15, 0.2) is 97.6 Å². The SMILES string of the molecule is NOOc1ccc(Cc2cc[n+](C[n+]3ccc(Cc4ccc([N+](=O)[O-])cc4)cc3)cc2)cc1. The Hall–Kier alpha value is -4.14. The highest BCUT2D eigenvalue weighted by Gasteiger charge is 2.10. The number of hydrogen-bond acceptors (Lipinski definition) is 5. The van der Waals surface area contributed by atoms with Gasteiger partial charge in [0.15, 0.2) is 30.5 Å². The third kappa shape index (κ3) is 6.19. The van der Waals surface area contributed by atoms with Crippen molar-refractivity contribution in [2.75, 3.05) is 0 Å². The Labute approximate surface area is 191 Å². The molecule has 0 atom stereocenters. The van der Waals surface area contributed by atoms with E-state index in [1.165, 1.54) is 5.56 Å². The molecule has 2 aromatic carbocycles. The second kappa shape index (κ2) is 10.4. The molecule has 2 aromatic heterocycles. The van der Waals surface area contributed by atoms with Crippen molar-refractivity contribution in [3.8, 4) is 5.75 Å². The van der Waals surface area contributed by atoms with Crippen LogP contribution < -0.4 is 19.9 Å². The van der Waals surface area contributed by atoms with Crippen LogP contribution in [-0.2, 0) is 24.5 Å². The summed E-state index contributed by atoms with van der Waals surface area (Å²) in [6.07, 6.45) is 9.74. The maximum Gasteiger partial charge on any atom is 0.343 e. The average Bonchev–Trinajstić information content (AvgIpc) is 2.83. The van der Waals surface area contributed by atoms with Gasteiger partial charge in [0.1, 0.15) is 0 Å². The number of nitro groups is 1. The minimum absolute atomic E-state index is 0.109. The van der Waals surface area contributed by atoms with Gasteiger partial charge < -0.3 is 4.89 Å². The van der Waals surface area contributed by atoms with Gasteiger partial charge in [0.25, 0.3) is 5.69 Å². The van der Waals surface area contributed by atoms with Crippen LogP contribution >= 0.6 is 0 Å². The smallest absolute Gasteiger partial charge is 0.320 e. The van der Waals surface area contributed by atoms with Gasteiger partial charge in [0.05, 0.1) is 4.92 Å². The summed E-state index contributed by atoms with van der Waals surface area (Å²) >= 11 is 0. The molecule has 8 heteroatoms. The van der Waals surface area contributed by atoms with Gasteiger partial charge in [0, 0.05) is 36.4 Å². The Bertz CT molecular complexity index is 1190. The van der Waals surface area contributed by atoms with E-state index in [2.05, 4.69) is 50.8 Å². The van der Waals surface area contributed by atoms with E-state index in [-0.39, 0.29) is 10.6 Å². The molecule has 0 bridgehead atoms. The zero-order valence-corrected chi connectivity index (χ0v) is 17.9. The van der Waals surface area contributed by atoms with Crippen LogP contribution in [0, 0.1) is 10.1 Å². The summed E-state index contributed by atoms with van der Waals surface area (Å²) in [7, 11) is 0. The number of aromatic nitrogens is 2. The fraction of sp³-hybridized carbons (Fsp3) is 0.120. The van der Waals surface area contributed by atoms with Crippen LogP contribution in [0.5, 0.6) is 5.75 Å². The summed E-state index contributed by atoms with van der Waals surface area (Å²) in [5.74, 6) is 5.46. The molecule has 8 nitrogen and oxygen atoms in total. The number of rotatable bonds is 9. The summed E-state index contributed by atoms with van der Waals surface area (Å²) in [5.41, 5.74) is 4.67. The molecule has 0 aliphatic carbocycles. The molecule has 33 heavy (non-hydrogen) atoms. The van der Waals surface area contributed by atoms with Crippen molar-refractivity contribution in [1.29, 1.82) is 0 Å². The first-order valence-corrected chi connectivity index (χ1v) is 10.4. The predicted octanol–water partition coefficient (Wildman–Crippen LogP) is 3.04. The van der Waals surface area contributed by atoms with Crippen molar-refractivity contribution in [1.82, 2.24) is 0 Å². The van der Waals surface area contributed by atoms with Crippen LogP contribution in [0.2, 0.25) is 0 Å². The van der Waals surface area contributed by atoms with Crippen LogP contribution in [0.1, 0.15) is 22.3 Å². The van der Waals surface area contributed by atoms with Crippen molar-refractivity contribution >= 4 is 5.69 Å². The topological polar surface area (TPSA) is 95.4 Å². The Morgan fingerprint density at radius 1 is 0.697 bits per heavy atom. The number of hydrogen-bond donors (Lipinski definition) is 1. The largest absolute Gasteiger partial charge is 0.343 e. The maximum absolute atomic E-state index is 10.8. The third-order valence-electron chi connectivity index (χ3n) is 5.28. The molecule has 0 fully saturated rings. The fourth-order valence-electron chi connectivity index (χ4n) is 3.51. The number of nitrogens with two attached hydrogens (primary N) is 1. The van der Waals surface area contributed by atoms with Gasteiger partial charge in [-0.05, 0) is 47.2 Å². The van der Waals surface area contributed by atoms with Crippen molar-refractivity contribution in [2.45, 2.75) is 19.5 Å². The molecule has 0 saturated heterocycles. The number of pyridine rings is 2. The van der Waals surface area contributed by atoms with E-state index in [1.54, 1.807) is 24.3 Å². The first-order valence-electron chi connectivity index (χ1n) is 10.4. The molecular weight excluding hydrogens is 420 g/mol. The molecule has 0 radical (unpaired) electrons. The van der Waals surface area contributed by atoms with Gasteiger partial charge in [-0.3, -0.25) is 10.1 Å². The third-order valence-corrected chi connectivity index (χ3v) is 5.28. The lowest BCUT2D eigenvalue weighted by Gasteiger charge is -2.03. The highest BCUT2D eigenvalue weighted by atomic mass is 17.3. The molecule has 0 saturated carbocycles. The summed E-state index contributed by atoms with van der Waals surface area (Å²) in [6.45, 7) is 0.698. The zero-order chi connectivity index (χ0) is 23.0. The van der Waals surface area contributed by atoms with Gasteiger partial charge in [-0.25, -0.2) is 0 Å². The molecule has 2 N–H and O–H groups in total. The van der Waals surface area contributed by atoms with Crippen LogP contribution in [-0.4, -0.2) is 4.92 Å². The molecule has 0 aliphatic rings. The molecule has 166 valence electrons.